The van der Waals surface area contributed by atoms with Gasteiger partial charge in [-0.25, -0.2) is 4.79 Å². The van der Waals surface area contributed by atoms with E-state index >= 15 is 0 Å². The molecule has 1 radical (unpaired) electrons. The molecule has 0 amide bonds. The first kappa shape index (κ1) is 18.4. The maximum absolute atomic E-state index is 11.5. The molecule has 1 aromatic carbocycles. The Morgan fingerprint density at radius 2 is 2.04 bits per heavy atom. The van der Waals surface area contributed by atoms with E-state index in [9.17, 15) is 9.90 Å². The van der Waals surface area contributed by atoms with Crippen LogP contribution in [0.1, 0.15) is 40.2 Å². The van der Waals surface area contributed by atoms with Crippen molar-refractivity contribution in [2.75, 3.05) is 33.8 Å². The Bertz CT molecular complexity index is 571. The number of hydrogen-bond donors (Lipinski definition) is 2. The van der Waals surface area contributed by atoms with Crippen LogP contribution in [0.25, 0.3) is 0 Å². The number of ether oxygens (including phenoxy) is 1. The molecule has 0 saturated carbocycles. The molecule has 0 aliphatic carbocycles. The maximum atomic E-state index is 11.5. The molecular weight excluding hydrogens is 466 g/mol. The molecule has 2 aliphatic heterocycles. The van der Waals surface area contributed by atoms with E-state index in [0.717, 1.165) is 37.9 Å². The smallest absolute Gasteiger partial charge is 0.339 e. The summed E-state index contributed by atoms with van der Waals surface area (Å²) in [4.78, 5) is 13.8. The molecule has 3 rings (SSSR count). The van der Waals surface area contributed by atoms with Gasteiger partial charge in [0.25, 0.3) is 0 Å². The molecule has 2 heterocycles. The van der Waals surface area contributed by atoms with Gasteiger partial charge in [0.05, 0.1) is 0 Å². The number of likely N-dealkylation sites (N-methyl/N-ethyl adjacent to an activating group) is 1. The fraction of sp³-hybridized carbons (Fsp3) is 0.588. The van der Waals surface area contributed by atoms with Crippen molar-refractivity contribution < 1.29 is 35.1 Å². The maximum Gasteiger partial charge on any atom is 0.339 e. The molecule has 2 N–H and O–H groups in total. The summed E-state index contributed by atoms with van der Waals surface area (Å²) in [6.45, 7) is 2.72. The number of fused-ring (bicyclic) bond motifs is 1. The van der Waals surface area contributed by atoms with E-state index in [1.807, 2.05) is 13.1 Å². The Hall–Kier alpha value is -0.928. The first-order valence-electron chi connectivity index (χ1n) is 7.97. The van der Waals surface area contributed by atoms with Crippen molar-refractivity contribution in [3.63, 3.8) is 0 Å². The van der Waals surface area contributed by atoms with Crippen LogP contribution < -0.4 is 10.1 Å². The van der Waals surface area contributed by atoms with Crippen LogP contribution in [0.5, 0.6) is 5.75 Å². The molecule has 0 aromatic heterocycles. The zero-order valence-electron chi connectivity index (χ0n) is 13.6. The van der Waals surface area contributed by atoms with Crippen molar-refractivity contribution in [3.05, 3.63) is 28.8 Å². The fourth-order valence-electron chi connectivity index (χ4n) is 3.56. The molecule has 0 spiro atoms. The number of piperidine rings is 1. The summed E-state index contributed by atoms with van der Waals surface area (Å²) in [6, 6.07) is 3.98. The van der Waals surface area contributed by atoms with Gasteiger partial charge in [-0.2, -0.15) is 0 Å². The zero-order valence-corrected chi connectivity index (χ0v) is 16.4. The number of aromatic carboxylic acids is 1. The topological polar surface area (TPSA) is 61.8 Å². The number of carboxylic acids is 1. The summed E-state index contributed by atoms with van der Waals surface area (Å²) in [7, 11) is 4.08. The van der Waals surface area contributed by atoms with E-state index in [1.165, 1.54) is 5.56 Å². The van der Waals surface area contributed by atoms with Gasteiger partial charge in [0, 0.05) is 32.0 Å². The van der Waals surface area contributed by atoms with Crippen molar-refractivity contribution in [1.82, 2.24) is 10.2 Å². The van der Waals surface area contributed by atoms with Gasteiger partial charge in [0.2, 0.25) is 0 Å². The van der Waals surface area contributed by atoms with E-state index in [2.05, 4.69) is 17.3 Å². The van der Waals surface area contributed by atoms with Crippen LogP contribution in [-0.2, 0) is 26.8 Å². The summed E-state index contributed by atoms with van der Waals surface area (Å²) in [5, 5.41) is 12.6. The molecule has 23 heavy (non-hydrogen) atoms. The Morgan fingerprint density at radius 3 is 2.65 bits per heavy atom. The van der Waals surface area contributed by atoms with Crippen molar-refractivity contribution in [1.29, 1.82) is 0 Å². The van der Waals surface area contributed by atoms with Crippen molar-refractivity contribution in [2.45, 2.75) is 31.2 Å². The van der Waals surface area contributed by atoms with Crippen LogP contribution in [0, 0.1) is 0 Å². The second-order valence-electron chi connectivity index (χ2n) is 6.39. The van der Waals surface area contributed by atoms with Gasteiger partial charge in [-0.1, -0.05) is 6.07 Å². The summed E-state index contributed by atoms with van der Waals surface area (Å²) < 4.78 is 5.82. The van der Waals surface area contributed by atoms with Crippen LogP contribution in [-0.4, -0.2) is 55.8 Å². The van der Waals surface area contributed by atoms with Crippen molar-refractivity contribution >= 4 is 5.97 Å². The summed E-state index contributed by atoms with van der Waals surface area (Å²) in [5.41, 5.74) is 2.68. The second kappa shape index (κ2) is 7.76. The number of nitrogens with one attached hydrogen (secondary N) is 1. The van der Waals surface area contributed by atoms with Gasteiger partial charge in [-0.3, -0.25) is 0 Å². The third kappa shape index (κ3) is 3.77. The Balaban J connectivity index is 0.00000192. The van der Waals surface area contributed by atoms with Gasteiger partial charge in [0.1, 0.15) is 17.9 Å². The molecule has 1 saturated heterocycles. The predicted octanol–water partition coefficient (Wildman–Crippen LogP) is 1.71. The Kier molecular flexibility index (Phi) is 6.21. The van der Waals surface area contributed by atoms with E-state index in [-0.39, 0.29) is 26.5 Å². The van der Waals surface area contributed by atoms with E-state index in [1.54, 1.807) is 6.07 Å². The molecule has 1 aromatic rings. The number of nitrogens with zero attached hydrogens (tertiary/aromatic N) is 1. The molecular formula is C17H24N2O3Re. The molecule has 1 unspecified atom stereocenters. The first-order chi connectivity index (χ1) is 10.6. The van der Waals surface area contributed by atoms with Crippen LogP contribution >= 0.6 is 0 Å². The van der Waals surface area contributed by atoms with Gasteiger partial charge in [-0.15, -0.1) is 0 Å². The molecule has 0 bridgehead atoms. The van der Waals surface area contributed by atoms with Crippen molar-refractivity contribution in [3.8, 4) is 5.75 Å². The Labute approximate surface area is 151 Å². The third-order valence-electron chi connectivity index (χ3n) is 4.97. The standard InChI is InChI=1S/C17H24N2O3.Re/c1-18-12-9-15-13(11-5-7-19(2)8-6-11)3-4-14(17(20)21)16(15)22-10-12;/h3-4,11-12,18H,5-10H2,1-2H3,(H,20,21);. The van der Waals surface area contributed by atoms with E-state index in [4.69, 9.17) is 4.74 Å². The fourth-order valence-corrected chi connectivity index (χ4v) is 3.56. The second-order valence-corrected chi connectivity index (χ2v) is 6.39. The molecule has 1 atom stereocenters. The molecule has 1 fully saturated rings. The number of likely N-dealkylation sites (tertiary alicyclic amines) is 1. The van der Waals surface area contributed by atoms with Gasteiger partial charge in [0.15, 0.2) is 0 Å². The van der Waals surface area contributed by atoms with Gasteiger partial charge in [-0.05, 0) is 64.0 Å². The first-order valence-corrected chi connectivity index (χ1v) is 7.97. The van der Waals surface area contributed by atoms with E-state index in [0.29, 0.717) is 23.8 Å². The largest absolute Gasteiger partial charge is 0.491 e. The predicted molar refractivity (Wildman–Crippen MR) is 84.9 cm³/mol. The Morgan fingerprint density at radius 1 is 1.35 bits per heavy atom. The number of rotatable bonds is 3. The quantitative estimate of drug-likeness (QED) is 0.676. The minimum atomic E-state index is -0.908. The summed E-state index contributed by atoms with van der Waals surface area (Å²) in [6.07, 6.45) is 3.09. The average Bonchev–Trinajstić information content (AvgIpc) is 2.54. The van der Waals surface area contributed by atoms with Crippen molar-refractivity contribution in [2.24, 2.45) is 0 Å². The van der Waals surface area contributed by atoms with Crippen LogP contribution in [0.2, 0.25) is 0 Å². The van der Waals surface area contributed by atoms with Crippen LogP contribution in [0.4, 0.5) is 0 Å². The number of carboxylic acid groups (broad SMARTS) is 1. The average molecular weight is 491 g/mol. The van der Waals surface area contributed by atoms with Crippen LogP contribution in [0.15, 0.2) is 12.1 Å². The SMILES string of the molecule is CNC1COc2c(C(=O)O)ccc(C3CCN(C)CC3)c2C1.[Re]. The monoisotopic (exact) mass is 491 g/mol. The van der Waals surface area contributed by atoms with Gasteiger partial charge >= 0.3 is 5.97 Å². The minimum absolute atomic E-state index is 0. The summed E-state index contributed by atoms with van der Waals surface area (Å²) in [5.74, 6) is 0.191. The number of hydrogen-bond acceptors (Lipinski definition) is 4. The molecule has 6 heteroatoms. The number of carbonyl (C=O) groups is 1. The zero-order chi connectivity index (χ0) is 15.7. The minimum Gasteiger partial charge on any atom is -0.491 e. The molecule has 2 aliphatic rings. The summed E-state index contributed by atoms with van der Waals surface area (Å²) >= 11 is 0. The molecule has 5 nitrogen and oxygen atoms in total. The van der Waals surface area contributed by atoms with E-state index < -0.39 is 5.97 Å². The third-order valence-corrected chi connectivity index (χ3v) is 4.97. The van der Waals surface area contributed by atoms with Crippen LogP contribution in [0.3, 0.4) is 0 Å². The number of benzene rings is 1. The normalized spacial score (nSPS) is 21.9. The molecule has 127 valence electrons. The van der Waals surface area contributed by atoms with Gasteiger partial charge < -0.3 is 20.1 Å².